The third-order valence-electron chi connectivity index (χ3n) is 2.92. The van der Waals surface area contributed by atoms with E-state index in [0.29, 0.717) is 5.56 Å². The van der Waals surface area contributed by atoms with Crippen LogP contribution in [0.5, 0.6) is 0 Å². The van der Waals surface area contributed by atoms with Crippen LogP contribution in [0.25, 0.3) is 0 Å². The zero-order valence-electron chi connectivity index (χ0n) is 10.5. The molecular formula is C14H14N2O3. The van der Waals surface area contributed by atoms with E-state index < -0.39 is 12.0 Å². The summed E-state index contributed by atoms with van der Waals surface area (Å²) < 4.78 is 1.43. The van der Waals surface area contributed by atoms with Crippen molar-refractivity contribution in [2.24, 2.45) is 0 Å². The zero-order valence-corrected chi connectivity index (χ0v) is 10.5. The molecule has 1 atom stereocenters. The average Bonchev–Trinajstić information content (AvgIpc) is 2.89. The van der Waals surface area contributed by atoms with Crippen molar-refractivity contribution in [1.82, 2.24) is 9.55 Å². The number of carbonyl (C=O) groups is 2. The summed E-state index contributed by atoms with van der Waals surface area (Å²) >= 11 is 0. The Labute approximate surface area is 110 Å². The molecule has 0 bridgehead atoms. The summed E-state index contributed by atoms with van der Waals surface area (Å²) in [6.07, 6.45) is 4.35. The second-order valence-corrected chi connectivity index (χ2v) is 4.36. The molecule has 1 N–H and O–H groups in total. The van der Waals surface area contributed by atoms with E-state index in [-0.39, 0.29) is 12.2 Å². The van der Waals surface area contributed by atoms with Gasteiger partial charge in [-0.2, -0.15) is 0 Å². The fourth-order valence-electron chi connectivity index (χ4n) is 1.81. The maximum atomic E-state index is 12.1. The number of Topliss-reactive ketones (excluding diaryl/α,β-unsaturated/α-hetero) is 1. The fourth-order valence-corrected chi connectivity index (χ4v) is 1.81. The Balaban J connectivity index is 2.16. The molecule has 0 aliphatic heterocycles. The summed E-state index contributed by atoms with van der Waals surface area (Å²) in [6, 6.07) is 6.17. The third-order valence-corrected chi connectivity index (χ3v) is 2.92. The monoisotopic (exact) mass is 258 g/mol. The summed E-state index contributed by atoms with van der Waals surface area (Å²) in [5, 5.41) is 9.18. The molecule has 19 heavy (non-hydrogen) atoms. The number of carbonyl (C=O) groups excluding carboxylic acids is 1. The van der Waals surface area contributed by atoms with Crippen LogP contribution in [0, 0.1) is 6.92 Å². The fraction of sp³-hybridized carbons (Fsp3) is 0.214. The van der Waals surface area contributed by atoms with Gasteiger partial charge in [0.2, 0.25) is 0 Å². The minimum Gasteiger partial charge on any atom is -0.480 e. The first kappa shape index (κ1) is 13.0. The van der Waals surface area contributed by atoms with Crippen molar-refractivity contribution in [2.45, 2.75) is 19.4 Å². The topological polar surface area (TPSA) is 72.2 Å². The molecule has 0 amide bonds. The number of rotatable bonds is 5. The summed E-state index contributed by atoms with van der Waals surface area (Å²) in [5.74, 6) is -1.24. The smallest absolute Gasteiger partial charge is 0.327 e. The van der Waals surface area contributed by atoms with Crippen molar-refractivity contribution in [3.8, 4) is 0 Å². The van der Waals surface area contributed by atoms with Gasteiger partial charge in [-0.1, -0.05) is 29.8 Å². The Kier molecular flexibility index (Phi) is 3.75. The molecular weight excluding hydrogens is 244 g/mol. The van der Waals surface area contributed by atoms with Crippen LogP contribution in [-0.2, 0) is 4.79 Å². The Morgan fingerprint density at radius 3 is 2.53 bits per heavy atom. The van der Waals surface area contributed by atoms with E-state index in [2.05, 4.69) is 4.98 Å². The van der Waals surface area contributed by atoms with Crippen LogP contribution >= 0.6 is 0 Å². The van der Waals surface area contributed by atoms with Crippen LogP contribution in [0.2, 0.25) is 0 Å². The number of hydrogen-bond acceptors (Lipinski definition) is 3. The van der Waals surface area contributed by atoms with E-state index in [0.717, 1.165) is 5.56 Å². The average molecular weight is 258 g/mol. The number of benzene rings is 1. The SMILES string of the molecule is Cc1ccc(C(=O)C[C@@H](C(=O)O)n2ccnc2)cc1. The number of carboxylic acid groups (broad SMARTS) is 1. The third kappa shape index (κ3) is 3.07. The van der Waals surface area contributed by atoms with Crippen molar-refractivity contribution in [3.05, 3.63) is 54.1 Å². The van der Waals surface area contributed by atoms with Crippen molar-refractivity contribution < 1.29 is 14.7 Å². The molecule has 5 nitrogen and oxygen atoms in total. The predicted molar refractivity (Wildman–Crippen MR) is 69.0 cm³/mol. The van der Waals surface area contributed by atoms with Gasteiger partial charge in [-0.3, -0.25) is 4.79 Å². The lowest BCUT2D eigenvalue weighted by Gasteiger charge is -2.12. The van der Waals surface area contributed by atoms with E-state index in [1.165, 1.54) is 17.1 Å². The largest absolute Gasteiger partial charge is 0.480 e. The lowest BCUT2D eigenvalue weighted by Crippen LogP contribution is -2.21. The maximum Gasteiger partial charge on any atom is 0.327 e. The Morgan fingerprint density at radius 1 is 1.32 bits per heavy atom. The molecule has 0 aliphatic rings. The van der Waals surface area contributed by atoms with Crippen LogP contribution in [0.1, 0.15) is 28.4 Å². The normalized spacial score (nSPS) is 12.1. The molecule has 0 fully saturated rings. The minimum atomic E-state index is -1.04. The van der Waals surface area contributed by atoms with Gasteiger partial charge in [0, 0.05) is 24.4 Å². The molecule has 0 spiro atoms. The molecule has 1 aromatic carbocycles. The Bertz CT molecular complexity index is 573. The second-order valence-electron chi connectivity index (χ2n) is 4.36. The first-order valence-electron chi connectivity index (χ1n) is 5.88. The number of aliphatic carboxylic acids is 1. The van der Waals surface area contributed by atoms with Crippen LogP contribution in [-0.4, -0.2) is 26.4 Å². The van der Waals surface area contributed by atoms with Crippen molar-refractivity contribution >= 4 is 11.8 Å². The van der Waals surface area contributed by atoms with Gasteiger partial charge in [0.1, 0.15) is 6.04 Å². The molecule has 0 saturated heterocycles. The lowest BCUT2D eigenvalue weighted by molar-refractivity contribution is -0.140. The Morgan fingerprint density at radius 2 is 2.00 bits per heavy atom. The predicted octanol–water partition coefficient (Wildman–Crippen LogP) is 2.09. The number of imidazole rings is 1. The van der Waals surface area contributed by atoms with Gasteiger partial charge in [0.05, 0.1) is 6.33 Å². The van der Waals surface area contributed by atoms with Crippen molar-refractivity contribution in [2.75, 3.05) is 0 Å². The Hall–Kier alpha value is -2.43. The van der Waals surface area contributed by atoms with Crippen molar-refractivity contribution in [3.63, 3.8) is 0 Å². The van der Waals surface area contributed by atoms with Crippen LogP contribution < -0.4 is 0 Å². The highest BCUT2D eigenvalue weighted by Gasteiger charge is 2.23. The van der Waals surface area contributed by atoms with E-state index in [4.69, 9.17) is 0 Å². The summed E-state index contributed by atoms with van der Waals surface area (Å²) in [6.45, 7) is 1.93. The molecule has 0 unspecified atom stereocenters. The van der Waals surface area contributed by atoms with Gasteiger partial charge in [-0.15, -0.1) is 0 Å². The van der Waals surface area contributed by atoms with Gasteiger partial charge < -0.3 is 9.67 Å². The molecule has 0 radical (unpaired) electrons. The molecule has 98 valence electrons. The van der Waals surface area contributed by atoms with Gasteiger partial charge in [0.25, 0.3) is 0 Å². The van der Waals surface area contributed by atoms with Crippen LogP contribution in [0.3, 0.4) is 0 Å². The van der Waals surface area contributed by atoms with Gasteiger partial charge in [-0.25, -0.2) is 9.78 Å². The van der Waals surface area contributed by atoms with Crippen molar-refractivity contribution in [1.29, 1.82) is 0 Å². The highest BCUT2D eigenvalue weighted by Crippen LogP contribution is 2.16. The zero-order chi connectivity index (χ0) is 13.8. The minimum absolute atomic E-state index is 0.0885. The molecule has 2 aromatic rings. The number of ketones is 1. The number of nitrogens with zero attached hydrogens (tertiary/aromatic N) is 2. The highest BCUT2D eigenvalue weighted by molar-refractivity contribution is 5.98. The van der Waals surface area contributed by atoms with E-state index >= 15 is 0 Å². The highest BCUT2D eigenvalue weighted by atomic mass is 16.4. The number of aryl methyl sites for hydroxylation is 1. The molecule has 1 heterocycles. The van der Waals surface area contributed by atoms with Gasteiger partial charge >= 0.3 is 5.97 Å². The van der Waals surface area contributed by atoms with Crippen LogP contribution in [0.15, 0.2) is 43.0 Å². The molecule has 0 aliphatic carbocycles. The quantitative estimate of drug-likeness (QED) is 0.833. The molecule has 0 saturated carbocycles. The van der Waals surface area contributed by atoms with E-state index in [1.807, 2.05) is 19.1 Å². The van der Waals surface area contributed by atoms with E-state index in [1.54, 1.807) is 18.3 Å². The summed E-state index contributed by atoms with van der Waals surface area (Å²) in [4.78, 5) is 27.1. The summed E-state index contributed by atoms with van der Waals surface area (Å²) in [5.41, 5.74) is 1.58. The maximum absolute atomic E-state index is 12.1. The standard InChI is InChI=1S/C14H14N2O3/c1-10-2-4-11(5-3-10)13(17)8-12(14(18)19)16-7-6-15-9-16/h2-7,9,12H,8H2,1H3,(H,18,19)/t12-/m0/s1. The van der Waals surface area contributed by atoms with Crippen LogP contribution in [0.4, 0.5) is 0 Å². The number of carboxylic acids is 1. The molecule has 5 heteroatoms. The second kappa shape index (κ2) is 5.48. The first-order valence-corrected chi connectivity index (χ1v) is 5.88. The molecule has 1 aromatic heterocycles. The molecule has 2 rings (SSSR count). The number of aromatic nitrogens is 2. The van der Waals surface area contributed by atoms with Gasteiger partial charge in [0.15, 0.2) is 5.78 Å². The van der Waals surface area contributed by atoms with Gasteiger partial charge in [-0.05, 0) is 6.92 Å². The number of hydrogen-bond donors (Lipinski definition) is 1. The first-order chi connectivity index (χ1) is 9.08. The van der Waals surface area contributed by atoms with E-state index in [9.17, 15) is 14.7 Å². The lowest BCUT2D eigenvalue weighted by atomic mass is 10.0. The summed E-state index contributed by atoms with van der Waals surface area (Å²) in [7, 11) is 0.